The van der Waals surface area contributed by atoms with Crippen molar-refractivity contribution in [3.8, 4) is 0 Å². The normalized spacial score (nSPS) is 31.5. The van der Waals surface area contributed by atoms with Gasteiger partial charge in [-0.05, 0) is 13.3 Å². The summed E-state index contributed by atoms with van der Waals surface area (Å²) in [5, 5.41) is 3.17. The number of carbonyl (C=O) groups excluding carboxylic acids is 1. The molecule has 2 bridgehead atoms. The maximum atomic E-state index is 10.8. The zero-order valence-corrected chi connectivity index (χ0v) is 9.41. The number of hydrogen-bond acceptors (Lipinski definition) is 5. The van der Waals surface area contributed by atoms with Crippen LogP contribution in [-0.2, 0) is 4.79 Å². The standard InChI is InChI=1S/C10H20N4O/c1-10(15)5-11-6-14-8-12-3-2-4-13(7-12)9-14/h11H,2-9H2,1H3. The molecule has 5 heteroatoms. The molecule has 2 atom stereocenters. The largest absolute Gasteiger partial charge is 0.299 e. The molecule has 2 saturated heterocycles. The SMILES string of the molecule is CC(=O)CNCN1CN2CCCN(C2)C1. The van der Waals surface area contributed by atoms with E-state index in [-0.39, 0.29) is 5.78 Å². The first-order valence-corrected chi connectivity index (χ1v) is 5.61. The van der Waals surface area contributed by atoms with Crippen molar-refractivity contribution in [1.29, 1.82) is 0 Å². The van der Waals surface area contributed by atoms with Gasteiger partial charge in [-0.2, -0.15) is 0 Å². The van der Waals surface area contributed by atoms with Crippen LogP contribution in [0.1, 0.15) is 13.3 Å². The molecule has 0 aromatic heterocycles. The Labute approximate surface area is 91.0 Å². The zero-order chi connectivity index (χ0) is 10.7. The summed E-state index contributed by atoms with van der Waals surface area (Å²) in [6.45, 7) is 8.50. The lowest BCUT2D eigenvalue weighted by Crippen LogP contribution is -2.59. The maximum Gasteiger partial charge on any atom is 0.143 e. The third kappa shape index (κ3) is 3.24. The molecule has 0 amide bonds. The van der Waals surface area contributed by atoms with E-state index in [0.717, 1.165) is 26.7 Å². The van der Waals surface area contributed by atoms with Crippen molar-refractivity contribution in [2.45, 2.75) is 13.3 Å². The number of ketones is 1. The average Bonchev–Trinajstić information content (AvgIpc) is 2.16. The minimum Gasteiger partial charge on any atom is -0.299 e. The van der Waals surface area contributed by atoms with Crippen LogP contribution in [0.15, 0.2) is 0 Å². The Bertz CT molecular complexity index is 221. The van der Waals surface area contributed by atoms with Gasteiger partial charge in [0.2, 0.25) is 0 Å². The van der Waals surface area contributed by atoms with E-state index in [1.54, 1.807) is 6.92 Å². The summed E-state index contributed by atoms with van der Waals surface area (Å²) in [4.78, 5) is 18.0. The van der Waals surface area contributed by atoms with Gasteiger partial charge in [-0.25, -0.2) is 0 Å². The number of Topliss-reactive ketones (excluding diaryl/α,β-unsaturated/α-hetero) is 1. The molecule has 2 heterocycles. The Balaban J connectivity index is 1.72. The summed E-state index contributed by atoms with van der Waals surface area (Å²) in [6.07, 6.45) is 1.29. The topological polar surface area (TPSA) is 38.8 Å². The van der Waals surface area contributed by atoms with Crippen LogP contribution < -0.4 is 5.32 Å². The third-order valence-electron chi connectivity index (χ3n) is 2.86. The Morgan fingerprint density at radius 2 is 1.87 bits per heavy atom. The molecule has 15 heavy (non-hydrogen) atoms. The highest BCUT2D eigenvalue weighted by Crippen LogP contribution is 2.12. The summed E-state index contributed by atoms with van der Waals surface area (Å²) in [5.74, 6) is 0.202. The van der Waals surface area contributed by atoms with E-state index in [0.29, 0.717) is 6.54 Å². The van der Waals surface area contributed by atoms with Crippen molar-refractivity contribution < 1.29 is 4.79 Å². The van der Waals surface area contributed by atoms with Crippen LogP contribution in [0.3, 0.4) is 0 Å². The molecule has 1 N–H and O–H groups in total. The van der Waals surface area contributed by atoms with Gasteiger partial charge in [-0.3, -0.25) is 24.8 Å². The molecule has 0 aliphatic carbocycles. The minimum absolute atomic E-state index is 0.202. The molecule has 2 aliphatic heterocycles. The molecular weight excluding hydrogens is 192 g/mol. The Morgan fingerprint density at radius 3 is 2.47 bits per heavy atom. The summed E-state index contributed by atoms with van der Waals surface area (Å²) >= 11 is 0. The monoisotopic (exact) mass is 212 g/mol. The quantitative estimate of drug-likeness (QED) is 0.668. The number of carbonyl (C=O) groups is 1. The molecule has 0 saturated carbocycles. The first-order chi connectivity index (χ1) is 7.24. The summed E-state index contributed by atoms with van der Waals surface area (Å²) in [5.41, 5.74) is 0. The maximum absolute atomic E-state index is 10.8. The molecule has 5 nitrogen and oxygen atoms in total. The first-order valence-electron chi connectivity index (χ1n) is 5.61. The highest BCUT2D eigenvalue weighted by atomic mass is 16.1. The van der Waals surface area contributed by atoms with E-state index in [4.69, 9.17) is 0 Å². The molecule has 0 spiro atoms. The van der Waals surface area contributed by atoms with Gasteiger partial charge in [0.1, 0.15) is 5.78 Å². The second-order valence-corrected chi connectivity index (χ2v) is 4.52. The second kappa shape index (κ2) is 5.03. The van der Waals surface area contributed by atoms with Gasteiger partial charge in [-0.1, -0.05) is 0 Å². The molecule has 2 rings (SSSR count). The molecule has 2 fully saturated rings. The smallest absolute Gasteiger partial charge is 0.143 e. The van der Waals surface area contributed by atoms with Gasteiger partial charge in [0.05, 0.1) is 33.2 Å². The van der Waals surface area contributed by atoms with E-state index in [2.05, 4.69) is 20.0 Å². The lowest BCUT2D eigenvalue weighted by atomic mass is 10.3. The lowest BCUT2D eigenvalue weighted by Gasteiger charge is -2.45. The Morgan fingerprint density at radius 1 is 1.20 bits per heavy atom. The average molecular weight is 212 g/mol. The molecule has 0 aromatic carbocycles. The number of nitrogens with zero attached hydrogens (tertiary/aromatic N) is 3. The fourth-order valence-corrected chi connectivity index (χ4v) is 2.27. The van der Waals surface area contributed by atoms with Crippen LogP contribution in [0.2, 0.25) is 0 Å². The lowest BCUT2D eigenvalue weighted by molar-refractivity contribution is -0.116. The number of rotatable bonds is 4. The minimum atomic E-state index is 0.202. The molecule has 86 valence electrons. The highest BCUT2D eigenvalue weighted by Gasteiger charge is 2.25. The third-order valence-corrected chi connectivity index (χ3v) is 2.86. The predicted molar refractivity (Wildman–Crippen MR) is 58.0 cm³/mol. The van der Waals surface area contributed by atoms with Crippen LogP contribution in [0.25, 0.3) is 0 Å². The molecular formula is C10H20N4O. The fourth-order valence-electron chi connectivity index (χ4n) is 2.27. The number of fused-ring (bicyclic) bond motifs is 2. The first kappa shape index (κ1) is 11.0. The van der Waals surface area contributed by atoms with Crippen molar-refractivity contribution >= 4 is 5.78 Å². The second-order valence-electron chi connectivity index (χ2n) is 4.52. The molecule has 2 aliphatic rings. The Hall–Kier alpha value is -0.490. The van der Waals surface area contributed by atoms with E-state index < -0.39 is 0 Å². The van der Waals surface area contributed by atoms with Crippen molar-refractivity contribution in [1.82, 2.24) is 20.0 Å². The zero-order valence-electron chi connectivity index (χ0n) is 9.41. The van der Waals surface area contributed by atoms with Crippen LogP contribution in [0.4, 0.5) is 0 Å². The summed E-state index contributed by atoms with van der Waals surface area (Å²) in [7, 11) is 0. The van der Waals surface area contributed by atoms with E-state index in [1.165, 1.54) is 19.5 Å². The van der Waals surface area contributed by atoms with Gasteiger partial charge in [0, 0.05) is 13.1 Å². The highest BCUT2D eigenvalue weighted by molar-refractivity contribution is 5.77. The van der Waals surface area contributed by atoms with E-state index in [9.17, 15) is 4.79 Å². The van der Waals surface area contributed by atoms with Gasteiger partial charge < -0.3 is 0 Å². The van der Waals surface area contributed by atoms with Gasteiger partial charge in [0.15, 0.2) is 0 Å². The van der Waals surface area contributed by atoms with Crippen LogP contribution in [0.5, 0.6) is 0 Å². The predicted octanol–water partition coefficient (Wildman–Crippen LogP) is -0.682. The summed E-state index contributed by atoms with van der Waals surface area (Å²) < 4.78 is 0. The van der Waals surface area contributed by atoms with Crippen molar-refractivity contribution in [2.24, 2.45) is 0 Å². The van der Waals surface area contributed by atoms with Crippen molar-refractivity contribution in [3.63, 3.8) is 0 Å². The number of nitrogens with one attached hydrogen (secondary N) is 1. The van der Waals surface area contributed by atoms with Crippen molar-refractivity contribution in [3.05, 3.63) is 0 Å². The summed E-state index contributed by atoms with van der Waals surface area (Å²) in [6, 6.07) is 0. The molecule has 2 unspecified atom stereocenters. The van der Waals surface area contributed by atoms with Crippen molar-refractivity contribution in [2.75, 3.05) is 46.3 Å². The van der Waals surface area contributed by atoms with Crippen LogP contribution >= 0.6 is 0 Å². The van der Waals surface area contributed by atoms with Gasteiger partial charge in [0.25, 0.3) is 0 Å². The number of hydrogen-bond donors (Lipinski definition) is 1. The molecule has 0 aromatic rings. The van der Waals surface area contributed by atoms with Gasteiger partial charge >= 0.3 is 0 Å². The van der Waals surface area contributed by atoms with Gasteiger partial charge in [-0.15, -0.1) is 0 Å². The van der Waals surface area contributed by atoms with E-state index >= 15 is 0 Å². The Kier molecular flexibility index (Phi) is 3.69. The van der Waals surface area contributed by atoms with Crippen LogP contribution in [-0.4, -0.2) is 66.8 Å². The van der Waals surface area contributed by atoms with E-state index in [1.807, 2.05) is 0 Å². The fraction of sp³-hybridized carbons (Fsp3) is 0.900. The van der Waals surface area contributed by atoms with Crippen LogP contribution in [0, 0.1) is 0 Å². The molecule has 0 radical (unpaired) electrons.